The summed E-state index contributed by atoms with van der Waals surface area (Å²) in [6.45, 7) is 5.20. The molecule has 4 N–H and O–H groups in total. The first-order valence-corrected chi connectivity index (χ1v) is 14.6. The summed E-state index contributed by atoms with van der Waals surface area (Å²) in [6.07, 6.45) is 8.55. The summed E-state index contributed by atoms with van der Waals surface area (Å²) in [4.78, 5) is 18.5. The Hall–Kier alpha value is -2.34. The number of fused-ring (bicyclic) bond motifs is 4. The highest BCUT2D eigenvalue weighted by atomic mass is 35.5. The summed E-state index contributed by atoms with van der Waals surface area (Å²) in [5.74, 6) is 1.09. The van der Waals surface area contributed by atoms with E-state index in [0.29, 0.717) is 45.9 Å². The highest BCUT2D eigenvalue weighted by Crippen LogP contribution is 2.32. The van der Waals surface area contributed by atoms with Gasteiger partial charge < -0.3 is 10.6 Å². The van der Waals surface area contributed by atoms with Gasteiger partial charge in [-0.2, -0.15) is 0 Å². The lowest BCUT2D eigenvalue weighted by Crippen LogP contribution is -2.54. The van der Waals surface area contributed by atoms with E-state index in [-0.39, 0.29) is 22.8 Å². The molecule has 10 nitrogen and oxygen atoms in total. The van der Waals surface area contributed by atoms with Crippen LogP contribution >= 0.6 is 23.2 Å². The Balaban J connectivity index is 1.33. The van der Waals surface area contributed by atoms with Gasteiger partial charge >= 0.3 is 0 Å². The van der Waals surface area contributed by atoms with Crippen LogP contribution in [-0.4, -0.2) is 62.3 Å². The molecule has 39 heavy (non-hydrogen) atoms. The average molecular weight is 573 g/mol. The topological polar surface area (TPSA) is 114 Å². The van der Waals surface area contributed by atoms with Crippen LogP contribution in [0.2, 0.25) is 10.2 Å². The molecule has 3 aliphatic heterocycles. The zero-order valence-electron chi connectivity index (χ0n) is 22.0. The molecule has 1 aromatic carbocycles. The fourth-order valence-electron chi connectivity index (χ4n) is 6.51. The van der Waals surface area contributed by atoms with Gasteiger partial charge in [0.05, 0.1) is 29.9 Å². The van der Waals surface area contributed by atoms with E-state index < -0.39 is 0 Å². The normalized spacial score (nSPS) is 29.8. The highest BCUT2D eigenvalue weighted by Gasteiger charge is 2.39. The van der Waals surface area contributed by atoms with Crippen molar-refractivity contribution >= 4 is 23.2 Å². The van der Waals surface area contributed by atoms with Gasteiger partial charge in [0.2, 0.25) is 0 Å². The fourth-order valence-corrected chi connectivity index (χ4v) is 6.80. The van der Waals surface area contributed by atoms with Gasteiger partial charge in [0.15, 0.2) is 5.15 Å². The van der Waals surface area contributed by atoms with Crippen LogP contribution in [-0.2, 0) is 0 Å². The standard InChI is InChI=1S/C27H35Cl2N9O/c1-16-3-2-4-24(21-9-17(7-8-30-21)27-22(31-12-16)13-33-35-27)37-15-32-20(11-26(37)39)19-10-18(28)5-6-23(19)38-14-25(29)34-36-38/h5-6,10-11,14-17,21-22,24,27,30-31,33,35H,2-4,7-9,12-13H2,1H3/t16-,17?,21?,22?,24+,27?/m1/s1. The zero-order chi connectivity index (χ0) is 26.9. The van der Waals surface area contributed by atoms with Gasteiger partial charge in [-0.05, 0) is 68.8 Å². The Labute approximate surface area is 237 Å². The molecule has 3 saturated heterocycles. The number of benzene rings is 1. The molecule has 2 bridgehead atoms. The largest absolute Gasteiger partial charge is 0.312 e. The lowest BCUT2D eigenvalue weighted by molar-refractivity contribution is 0.176. The molecular weight excluding hydrogens is 537 g/mol. The molecule has 2 aromatic heterocycles. The van der Waals surface area contributed by atoms with Crippen molar-refractivity contribution in [3.05, 3.63) is 57.3 Å². The van der Waals surface area contributed by atoms with Crippen LogP contribution in [0.1, 0.15) is 45.1 Å². The highest BCUT2D eigenvalue weighted by molar-refractivity contribution is 6.31. The van der Waals surface area contributed by atoms with E-state index in [2.05, 4.69) is 38.7 Å². The first-order valence-electron chi connectivity index (χ1n) is 13.9. The number of hydrogen-bond acceptors (Lipinski definition) is 8. The van der Waals surface area contributed by atoms with Crippen molar-refractivity contribution in [2.45, 2.75) is 63.2 Å². The van der Waals surface area contributed by atoms with E-state index in [1.54, 1.807) is 35.4 Å². The SMILES string of the molecule is C[C@@H]1CCC[C@H](n2cnc(-c3cc(Cl)ccc3-n3cc(Cl)nn3)cc2=O)C2CC(CCN2)C2NNCC2NC1. The van der Waals surface area contributed by atoms with Gasteiger partial charge in [-0.3, -0.25) is 20.2 Å². The lowest BCUT2D eigenvalue weighted by Gasteiger charge is -2.40. The van der Waals surface area contributed by atoms with Crippen molar-refractivity contribution in [2.24, 2.45) is 11.8 Å². The third-order valence-corrected chi connectivity index (χ3v) is 8.95. The number of aromatic nitrogens is 5. The Kier molecular flexibility index (Phi) is 8.02. The molecule has 0 spiro atoms. The average Bonchev–Trinajstić information content (AvgIpc) is 3.59. The van der Waals surface area contributed by atoms with Crippen LogP contribution in [0.5, 0.6) is 0 Å². The van der Waals surface area contributed by atoms with Gasteiger partial charge in [0, 0.05) is 41.3 Å². The molecule has 3 aliphatic rings. The van der Waals surface area contributed by atoms with Gasteiger partial charge in [-0.1, -0.05) is 41.8 Å². The van der Waals surface area contributed by atoms with E-state index in [0.717, 1.165) is 51.7 Å². The summed E-state index contributed by atoms with van der Waals surface area (Å²) in [5.41, 5.74) is 8.77. The number of piperidine rings is 1. The molecule has 6 atom stereocenters. The molecule has 0 saturated carbocycles. The smallest absolute Gasteiger partial charge is 0.254 e. The Morgan fingerprint density at radius 2 is 1.95 bits per heavy atom. The van der Waals surface area contributed by atoms with Gasteiger partial charge in [-0.25, -0.2) is 9.67 Å². The molecule has 5 heterocycles. The predicted molar refractivity (Wildman–Crippen MR) is 152 cm³/mol. The number of rotatable bonds is 3. The molecule has 0 aliphatic carbocycles. The van der Waals surface area contributed by atoms with Crippen LogP contribution in [0.4, 0.5) is 0 Å². The third-order valence-electron chi connectivity index (χ3n) is 8.54. The second kappa shape index (κ2) is 11.6. The number of hydrogen-bond donors (Lipinski definition) is 4. The summed E-state index contributed by atoms with van der Waals surface area (Å²) in [7, 11) is 0. The number of nitrogens with zero attached hydrogens (tertiary/aromatic N) is 5. The molecule has 0 radical (unpaired) electrons. The van der Waals surface area contributed by atoms with E-state index >= 15 is 0 Å². The van der Waals surface area contributed by atoms with Crippen molar-refractivity contribution in [3.63, 3.8) is 0 Å². The quantitative estimate of drug-likeness (QED) is 0.379. The summed E-state index contributed by atoms with van der Waals surface area (Å²) in [5, 5.41) is 16.3. The maximum absolute atomic E-state index is 13.7. The molecule has 208 valence electrons. The zero-order valence-corrected chi connectivity index (χ0v) is 23.5. The Morgan fingerprint density at radius 3 is 2.77 bits per heavy atom. The maximum atomic E-state index is 13.7. The minimum absolute atomic E-state index is 0.0298. The number of halogens is 2. The van der Waals surface area contributed by atoms with E-state index in [4.69, 9.17) is 28.2 Å². The van der Waals surface area contributed by atoms with Gasteiger partial charge in [0.1, 0.15) is 0 Å². The molecule has 12 heteroatoms. The monoisotopic (exact) mass is 571 g/mol. The fraction of sp³-hybridized carbons (Fsp3) is 0.556. The molecule has 3 fully saturated rings. The minimum Gasteiger partial charge on any atom is -0.312 e. The molecule has 4 unspecified atom stereocenters. The van der Waals surface area contributed by atoms with Crippen molar-refractivity contribution in [2.75, 3.05) is 19.6 Å². The Morgan fingerprint density at radius 1 is 1.05 bits per heavy atom. The van der Waals surface area contributed by atoms with Crippen molar-refractivity contribution in [3.8, 4) is 16.9 Å². The third kappa shape index (κ3) is 5.77. The van der Waals surface area contributed by atoms with E-state index in [9.17, 15) is 4.79 Å². The number of hydrazine groups is 1. The van der Waals surface area contributed by atoms with E-state index in [1.807, 2.05) is 10.6 Å². The predicted octanol–water partition coefficient (Wildman–Crippen LogP) is 2.96. The van der Waals surface area contributed by atoms with Gasteiger partial charge in [-0.15, -0.1) is 5.10 Å². The maximum Gasteiger partial charge on any atom is 0.254 e. The van der Waals surface area contributed by atoms with Crippen molar-refractivity contribution in [1.82, 2.24) is 46.0 Å². The molecule has 3 aromatic rings. The first kappa shape index (κ1) is 26.9. The second-order valence-corrected chi connectivity index (χ2v) is 12.0. The summed E-state index contributed by atoms with van der Waals surface area (Å²) < 4.78 is 3.40. The first-order chi connectivity index (χ1) is 19.0. The molecule has 6 rings (SSSR count). The Bertz CT molecular complexity index is 1360. The van der Waals surface area contributed by atoms with Crippen LogP contribution in [0.25, 0.3) is 16.9 Å². The van der Waals surface area contributed by atoms with Crippen LogP contribution < -0.4 is 27.0 Å². The summed E-state index contributed by atoms with van der Waals surface area (Å²) in [6, 6.07) is 8.02. The van der Waals surface area contributed by atoms with Crippen LogP contribution in [0.15, 0.2) is 41.6 Å². The van der Waals surface area contributed by atoms with E-state index in [1.165, 1.54) is 0 Å². The lowest BCUT2D eigenvalue weighted by atomic mass is 9.80. The van der Waals surface area contributed by atoms with Gasteiger partial charge in [0.25, 0.3) is 5.56 Å². The molecular formula is C27H35Cl2N9O. The van der Waals surface area contributed by atoms with Crippen molar-refractivity contribution < 1.29 is 0 Å². The summed E-state index contributed by atoms with van der Waals surface area (Å²) >= 11 is 12.4. The van der Waals surface area contributed by atoms with Crippen molar-refractivity contribution in [1.29, 1.82) is 0 Å². The molecule has 0 amide bonds. The minimum atomic E-state index is -0.0724. The van der Waals surface area contributed by atoms with Crippen LogP contribution in [0.3, 0.4) is 0 Å². The van der Waals surface area contributed by atoms with Crippen LogP contribution in [0, 0.1) is 11.8 Å². The number of nitrogens with one attached hydrogen (secondary N) is 4. The second-order valence-electron chi connectivity index (χ2n) is 11.2.